The minimum atomic E-state index is -4.07. The molecular formula is C13H16BrN3O4S2. The molecule has 0 N–H and O–H groups in total. The summed E-state index contributed by atoms with van der Waals surface area (Å²) in [5.41, 5.74) is 1.28. The van der Waals surface area contributed by atoms with Crippen molar-refractivity contribution >= 4 is 58.8 Å². The van der Waals surface area contributed by atoms with E-state index in [4.69, 9.17) is 0 Å². The maximum Gasteiger partial charge on any atom is 0.246 e. The van der Waals surface area contributed by atoms with Crippen LogP contribution in [0, 0.1) is 0 Å². The minimum absolute atomic E-state index is 0.137. The lowest BCUT2D eigenvalue weighted by atomic mass is 10.1. The molecule has 0 aliphatic rings. The standard InChI is InChI=1S/C13H16BrN3O4S2/c1-5-6-9-7-8-10(14)12-11(9)13(15-16(12)2)17(22(3,18)19)23(4,20)21/h5-8H,1-4H3. The van der Waals surface area contributed by atoms with E-state index in [0.717, 1.165) is 12.5 Å². The van der Waals surface area contributed by atoms with Gasteiger partial charge in [-0.15, -0.1) is 3.71 Å². The number of nitrogens with zero attached hydrogens (tertiary/aromatic N) is 3. The van der Waals surface area contributed by atoms with Crippen molar-refractivity contribution in [3.8, 4) is 0 Å². The molecule has 126 valence electrons. The van der Waals surface area contributed by atoms with E-state index in [1.807, 2.05) is 6.92 Å². The van der Waals surface area contributed by atoms with Crippen LogP contribution in [0.1, 0.15) is 12.5 Å². The molecule has 0 aliphatic carbocycles. The second-order valence-electron chi connectivity index (χ2n) is 5.03. The molecule has 0 amide bonds. The fraction of sp³-hybridized carbons (Fsp3) is 0.308. The van der Waals surface area contributed by atoms with Gasteiger partial charge >= 0.3 is 0 Å². The van der Waals surface area contributed by atoms with Crippen molar-refractivity contribution in [3.63, 3.8) is 0 Å². The summed E-state index contributed by atoms with van der Waals surface area (Å²) in [6, 6.07) is 3.56. The SMILES string of the molecule is CC=Cc1ccc(Br)c2c1c(N(S(C)(=O)=O)S(C)(=O)=O)nn2C. The highest BCUT2D eigenvalue weighted by atomic mass is 79.9. The maximum atomic E-state index is 12.1. The first-order chi connectivity index (χ1) is 10.5. The first kappa shape index (κ1) is 18.0. The van der Waals surface area contributed by atoms with Gasteiger partial charge in [-0.2, -0.15) is 5.10 Å². The van der Waals surface area contributed by atoms with E-state index in [1.165, 1.54) is 4.68 Å². The van der Waals surface area contributed by atoms with Crippen LogP contribution >= 0.6 is 15.9 Å². The Morgan fingerprint density at radius 1 is 1.17 bits per heavy atom. The molecule has 0 saturated carbocycles. The fourth-order valence-corrected chi connectivity index (χ4v) is 5.82. The van der Waals surface area contributed by atoms with E-state index in [-0.39, 0.29) is 5.82 Å². The summed E-state index contributed by atoms with van der Waals surface area (Å²) < 4.78 is 50.7. The summed E-state index contributed by atoms with van der Waals surface area (Å²) in [5, 5.41) is 4.59. The molecule has 0 spiro atoms. The molecule has 0 fully saturated rings. The number of sulfonamides is 2. The Labute approximate surface area is 143 Å². The van der Waals surface area contributed by atoms with Crippen molar-refractivity contribution in [1.82, 2.24) is 9.78 Å². The summed E-state index contributed by atoms with van der Waals surface area (Å²) in [7, 11) is -6.51. The molecule has 2 aromatic rings. The molecule has 0 atom stereocenters. The van der Waals surface area contributed by atoms with Gasteiger partial charge in [0.2, 0.25) is 20.0 Å². The molecule has 1 aromatic carbocycles. The molecule has 7 nitrogen and oxygen atoms in total. The number of halogens is 1. The first-order valence-corrected chi connectivity index (χ1v) is 11.0. The lowest BCUT2D eigenvalue weighted by molar-refractivity contribution is 0.590. The average Bonchev–Trinajstić information content (AvgIpc) is 2.68. The number of fused-ring (bicyclic) bond motifs is 1. The van der Waals surface area contributed by atoms with Gasteiger partial charge in [0, 0.05) is 11.5 Å². The highest BCUT2D eigenvalue weighted by Gasteiger charge is 2.32. The number of benzene rings is 1. The molecule has 23 heavy (non-hydrogen) atoms. The smallest absolute Gasteiger partial charge is 0.246 e. The number of hydrogen-bond acceptors (Lipinski definition) is 5. The highest BCUT2D eigenvalue weighted by molar-refractivity contribution is 9.10. The van der Waals surface area contributed by atoms with E-state index in [0.29, 0.717) is 24.6 Å². The van der Waals surface area contributed by atoms with Crippen LogP contribution in [0.2, 0.25) is 0 Å². The predicted octanol–water partition coefficient (Wildman–Crippen LogP) is 2.09. The molecule has 0 saturated heterocycles. The van der Waals surface area contributed by atoms with Crippen molar-refractivity contribution < 1.29 is 16.8 Å². The minimum Gasteiger partial charge on any atom is -0.265 e. The van der Waals surface area contributed by atoms with Crippen LogP contribution in [0.25, 0.3) is 17.0 Å². The van der Waals surface area contributed by atoms with Crippen LogP contribution in [0.4, 0.5) is 5.82 Å². The van der Waals surface area contributed by atoms with Gasteiger partial charge in [-0.3, -0.25) is 4.68 Å². The lowest BCUT2D eigenvalue weighted by Gasteiger charge is -2.17. The first-order valence-electron chi connectivity index (χ1n) is 6.47. The number of anilines is 1. The Kier molecular flexibility index (Phi) is 4.62. The van der Waals surface area contributed by atoms with E-state index in [2.05, 4.69) is 21.0 Å². The molecule has 0 bridgehead atoms. The van der Waals surface area contributed by atoms with Crippen LogP contribution in [0.15, 0.2) is 22.7 Å². The van der Waals surface area contributed by atoms with Crippen LogP contribution in [0.3, 0.4) is 0 Å². The number of hydrogen-bond donors (Lipinski definition) is 0. The van der Waals surface area contributed by atoms with Gasteiger partial charge in [0.15, 0.2) is 5.82 Å². The van der Waals surface area contributed by atoms with Gasteiger partial charge in [0.1, 0.15) is 0 Å². The van der Waals surface area contributed by atoms with Crippen LogP contribution in [0.5, 0.6) is 0 Å². The third kappa shape index (κ3) is 3.29. The van der Waals surface area contributed by atoms with Crippen LogP contribution < -0.4 is 3.71 Å². The van der Waals surface area contributed by atoms with Crippen molar-refractivity contribution in [2.75, 3.05) is 16.2 Å². The second kappa shape index (κ2) is 5.91. The summed E-state index contributed by atoms with van der Waals surface area (Å²) in [4.78, 5) is 0. The Bertz CT molecular complexity index is 976. The molecule has 0 radical (unpaired) electrons. The van der Waals surface area contributed by atoms with Crippen LogP contribution in [-0.2, 0) is 27.1 Å². The molecule has 1 aromatic heterocycles. The fourth-order valence-electron chi connectivity index (χ4n) is 2.38. The quantitative estimate of drug-likeness (QED) is 0.753. The second-order valence-corrected chi connectivity index (χ2v) is 9.78. The molecular weight excluding hydrogens is 406 g/mol. The van der Waals surface area contributed by atoms with Crippen LogP contribution in [-0.4, -0.2) is 39.1 Å². The van der Waals surface area contributed by atoms with Gasteiger partial charge in [-0.1, -0.05) is 18.2 Å². The average molecular weight is 422 g/mol. The van der Waals surface area contributed by atoms with E-state index < -0.39 is 20.0 Å². The third-order valence-electron chi connectivity index (χ3n) is 3.07. The number of allylic oxidation sites excluding steroid dienone is 1. The van der Waals surface area contributed by atoms with Crippen molar-refractivity contribution in [3.05, 3.63) is 28.2 Å². The van der Waals surface area contributed by atoms with Crippen molar-refractivity contribution in [2.45, 2.75) is 6.92 Å². The van der Waals surface area contributed by atoms with E-state index >= 15 is 0 Å². The molecule has 0 unspecified atom stereocenters. The Morgan fingerprint density at radius 2 is 1.74 bits per heavy atom. The zero-order chi connectivity index (χ0) is 17.6. The Balaban J connectivity index is 3.04. The Hall–Kier alpha value is -1.39. The normalized spacial score (nSPS) is 13.1. The summed E-state index contributed by atoms with van der Waals surface area (Å²) >= 11 is 3.39. The van der Waals surface area contributed by atoms with Gasteiger partial charge < -0.3 is 0 Å². The molecule has 1 heterocycles. The predicted molar refractivity (Wildman–Crippen MR) is 95.3 cm³/mol. The maximum absolute atomic E-state index is 12.1. The summed E-state index contributed by atoms with van der Waals surface area (Å²) in [5.74, 6) is -0.137. The molecule has 10 heteroatoms. The zero-order valence-electron chi connectivity index (χ0n) is 13.0. The van der Waals surface area contributed by atoms with Gasteiger partial charge in [0.05, 0.1) is 23.4 Å². The van der Waals surface area contributed by atoms with Gasteiger partial charge in [-0.05, 0) is 34.5 Å². The Morgan fingerprint density at radius 3 is 2.22 bits per heavy atom. The van der Waals surface area contributed by atoms with Gasteiger partial charge in [-0.25, -0.2) is 16.8 Å². The van der Waals surface area contributed by atoms with E-state index in [9.17, 15) is 16.8 Å². The van der Waals surface area contributed by atoms with Crippen molar-refractivity contribution in [1.29, 1.82) is 0 Å². The van der Waals surface area contributed by atoms with E-state index in [1.54, 1.807) is 31.3 Å². The third-order valence-corrected chi connectivity index (χ3v) is 6.89. The zero-order valence-corrected chi connectivity index (χ0v) is 16.2. The lowest BCUT2D eigenvalue weighted by Crippen LogP contribution is -2.35. The van der Waals surface area contributed by atoms with Gasteiger partial charge in [0.25, 0.3) is 0 Å². The summed E-state index contributed by atoms with van der Waals surface area (Å²) in [6.07, 6.45) is 5.22. The van der Waals surface area contributed by atoms with Crippen molar-refractivity contribution in [2.24, 2.45) is 7.05 Å². The topological polar surface area (TPSA) is 89.3 Å². The number of rotatable bonds is 4. The number of aromatic nitrogens is 2. The molecule has 0 aliphatic heterocycles. The highest BCUT2D eigenvalue weighted by Crippen LogP contribution is 2.36. The molecule has 2 rings (SSSR count). The summed E-state index contributed by atoms with van der Waals surface area (Å²) in [6.45, 7) is 1.81. The number of aryl methyl sites for hydroxylation is 1. The monoisotopic (exact) mass is 421 g/mol. The largest absolute Gasteiger partial charge is 0.265 e.